The molecule has 2 N–H and O–H groups in total. The molecule has 0 spiro atoms. The quantitative estimate of drug-likeness (QED) is 0.561. The van der Waals surface area contributed by atoms with Crippen molar-refractivity contribution in [2.75, 3.05) is 21.3 Å². The highest BCUT2D eigenvalue weighted by Crippen LogP contribution is 2.36. The van der Waals surface area contributed by atoms with Gasteiger partial charge in [0.2, 0.25) is 0 Å². The molecule has 0 unspecified atom stereocenters. The van der Waals surface area contributed by atoms with Gasteiger partial charge in [0, 0.05) is 23.3 Å². The molecule has 0 aliphatic heterocycles. The van der Waals surface area contributed by atoms with Gasteiger partial charge in [0.25, 0.3) is 0 Å². The van der Waals surface area contributed by atoms with Crippen LogP contribution in [0.3, 0.4) is 0 Å². The zero-order valence-electron chi connectivity index (χ0n) is 14.3. The molecule has 0 aliphatic carbocycles. The maximum Gasteiger partial charge on any atom is 0.191 e. The number of rotatable bonds is 6. The second-order valence-electron chi connectivity index (χ2n) is 5.10. The number of methoxy groups -OCH3 is 2. The number of thiophene rings is 1. The highest BCUT2D eigenvalue weighted by molar-refractivity contribution is 9.10. The first-order valence-corrected chi connectivity index (χ1v) is 9.08. The fourth-order valence-corrected chi connectivity index (χ4v) is 3.71. The van der Waals surface area contributed by atoms with Gasteiger partial charge < -0.3 is 20.1 Å². The molecule has 0 fully saturated rings. The number of nitrogens with one attached hydrogen (secondary N) is 2. The molecule has 0 amide bonds. The molecule has 2 rings (SSSR count). The van der Waals surface area contributed by atoms with Crippen molar-refractivity contribution >= 4 is 33.2 Å². The number of aliphatic imine (C=N–C) groups is 1. The molecular formula is C17H22BrN3O2S. The number of guanidine groups is 1. The van der Waals surface area contributed by atoms with Crippen molar-refractivity contribution in [1.82, 2.24) is 10.6 Å². The van der Waals surface area contributed by atoms with E-state index in [2.05, 4.69) is 50.6 Å². The van der Waals surface area contributed by atoms with Crippen molar-refractivity contribution in [3.63, 3.8) is 0 Å². The predicted octanol–water partition coefficient (Wildman–Crippen LogP) is 3.70. The van der Waals surface area contributed by atoms with Crippen LogP contribution in [-0.4, -0.2) is 27.2 Å². The van der Waals surface area contributed by atoms with E-state index >= 15 is 0 Å². The fourth-order valence-electron chi connectivity index (χ4n) is 2.23. The lowest BCUT2D eigenvalue weighted by Gasteiger charge is -2.14. The average Bonchev–Trinajstić information content (AvgIpc) is 2.99. The molecule has 1 heterocycles. The van der Waals surface area contributed by atoms with E-state index in [0.717, 1.165) is 22.5 Å². The second kappa shape index (κ2) is 8.94. The van der Waals surface area contributed by atoms with Crippen molar-refractivity contribution in [2.45, 2.75) is 20.0 Å². The third kappa shape index (κ3) is 4.88. The van der Waals surface area contributed by atoms with E-state index in [0.29, 0.717) is 18.0 Å². The van der Waals surface area contributed by atoms with E-state index in [4.69, 9.17) is 9.47 Å². The summed E-state index contributed by atoms with van der Waals surface area (Å²) in [5, 5.41) is 6.62. The Labute approximate surface area is 155 Å². The normalized spacial score (nSPS) is 11.3. The van der Waals surface area contributed by atoms with Crippen LogP contribution in [0.2, 0.25) is 0 Å². The molecule has 0 bridgehead atoms. The lowest BCUT2D eigenvalue weighted by Crippen LogP contribution is -2.36. The van der Waals surface area contributed by atoms with Gasteiger partial charge in [-0.1, -0.05) is 0 Å². The molecular weight excluding hydrogens is 390 g/mol. The average molecular weight is 412 g/mol. The maximum atomic E-state index is 5.37. The van der Waals surface area contributed by atoms with Crippen molar-refractivity contribution in [2.24, 2.45) is 4.99 Å². The smallest absolute Gasteiger partial charge is 0.191 e. The number of halogens is 1. The van der Waals surface area contributed by atoms with E-state index in [1.165, 1.54) is 9.75 Å². The Kier molecular flexibility index (Phi) is 6.93. The predicted molar refractivity (Wildman–Crippen MR) is 103 cm³/mol. The minimum Gasteiger partial charge on any atom is -0.493 e. The lowest BCUT2D eigenvalue weighted by molar-refractivity contribution is 0.352. The number of nitrogens with zero attached hydrogens (tertiary/aromatic N) is 1. The SMILES string of the molecule is CN=C(NCc1cc(Br)c(OC)c(OC)c1)NCc1ccc(C)s1. The highest BCUT2D eigenvalue weighted by atomic mass is 79.9. The van der Waals surface area contributed by atoms with Gasteiger partial charge in [0.1, 0.15) is 0 Å². The molecule has 24 heavy (non-hydrogen) atoms. The molecule has 0 saturated heterocycles. The summed E-state index contributed by atoms with van der Waals surface area (Å²) in [5.74, 6) is 2.14. The van der Waals surface area contributed by atoms with Crippen LogP contribution >= 0.6 is 27.3 Å². The van der Waals surface area contributed by atoms with Crippen LogP contribution in [-0.2, 0) is 13.1 Å². The molecule has 1 aromatic carbocycles. The third-order valence-electron chi connectivity index (χ3n) is 3.40. The van der Waals surface area contributed by atoms with Gasteiger partial charge in [-0.05, 0) is 52.7 Å². The summed E-state index contributed by atoms with van der Waals surface area (Å²) in [6, 6.07) is 8.21. The van der Waals surface area contributed by atoms with Gasteiger partial charge in [-0.2, -0.15) is 0 Å². The summed E-state index contributed by atoms with van der Waals surface area (Å²) in [7, 11) is 5.02. The van der Waals surface area contributed by atoms with E-state index in [-0.39, 0.29) is 0 Å². The van der Waals surface area contributed by atoms with Crippen molar-refractivity contribution in [3.05, 3.63) is 44.1 Å². The Morgan fingerprint density at radius 2 is 1.92 bits per heavy atom. The summed E-state index contributed by atoms with van der Waals surface area (Å²) in [6.07, 6.45) is 0. The zero-order chi connectivity index (χ0) is 17.5. The Morgan fingerprint density at radius 1 is 1.17 bits per heavy atom. The summed E-state index contributed by atoms with van der Waals surface area (Å²) in [6.45, 7) is 3.49. The number of hydrogen-bond donors (Lipinski definition) is 2. The standard InChI is InChI=1S/C17H22BrN3O2S/c1-11-5-6-13(24-11)10-21-17(19-2)20-9-12-7-14(18)16(23-4)15(8-12)22-3/h5-8H,9-10H2,1-4H3,(H2,19,20,21). The molecule has 2 aromatic rings. The Hall–Kier alpha value is -1.73. The molecule has 0 radical (unpaired) electrons. The van der Waals surface area contributed by atoms with Gasteiger partial charge in [0.15, 0.2) is 17.5 Å². The summed E-state index contributed by atoms with van der Waals surface area (Å²) in [5.41, 5.74) is 1.06. The largest absolute Gasteiger partial charge is 0.493 e. The van der Waals surface area contributed by atoms with Crippen LogP contribution < -0.4 is 20.1 Å². The number of hydrogen-bond acceptors (Lipinski definition) is 4. The van der Waals surface area contributed by atoms with Gasteiger partial charge in [-0.3, -0.25) is 4.99 Å². The third-order valence-corrected chi connectivity index (χ3v) is 4.99. The van der Waals surface area contributed by atoms with Crippen LogP contribution in [0.1, 0.15) is 15.3 Å². The van der Waals surface area contributed by atoms with Crippen molar-refractivity contribution in [1.29, 1.82) is 0 Å². The van der Waals surface area contributed by atoms with E-state index < -0.39 is 0 Å². The molecule has 130 valence electrons. The molecule has 1 aromatic heterocycles. The van der Waals surface area contributed by atoms with Crippen molar-refractivity contribution < 1.29 is 9.47 Å². The van der Waals surface area contributed by atoms with Gasteiger partial charge in [-0.15, -0.1) is 11.3 Å². The van der Waals surface area contributed by atoms with Gasteiger partial charge in [0.05, 0.1) is 25.2 Å². The number of aryl methyl sites for hydroxylation is 1. The van der Waals surface area contributed by atoms with E-state index in [1.807, 2.05) is 12.1 Å². The van der Waals surface area contributed by atoms with Crippen LogP contribution in [0.5, 0.6) is 11.5 Å². The summed E-state index contributed by atoms with van der Waals surface area (Å²) >= 11 is 5.29. The van der Waals surface area contributed by atoms with Gasteiger partial charge in [-0.25, -0.2) is 0 Å². The monoisotopic (exact) mass is 411 g/mol. The first kappa shape index (κ1) is 18.6. The number of benzene rings is 1. The number of ether oxygens (including phenoxy) is 2. The zero-order valence-corrected chi connectivity index (χ0v) is 16.7. The van der Waals surface area contributed by atoms with Crippen molar-refractivity contribution in [3.8, 4) is 11.5 Å². The minimum atomic E-state index is 0.627. The Morgan fingerprint density at radius 3 is 2.50 bits per heavy atom. The van der Waals surface area contributed by atoms with E-state index in [1.54, 1.807) is 32.6 Å². The van der Waals surface area contributed by atoms with E-state index in [9.17, 15) is 0 Å². The fraction of sp³-hybridized carbons (Fsp3) is 0.353. The molecule has 5 nitrogen and oxygen atoms in total. The first-order chi connectivity index (χ1) is 11.6. The second-order valence-corrected chi connectivity index (χ2v) is 7.33. The molecule has 0 aliphatic rings. The maximum absolute atomic E-state index is 5.37. The molecule has 7 heteroatoms. The van der Waals surface area contributed by atoms with Crippen LogP contribution in [0.15, 0.2) is 33.7 Å². The van der Waals surface area contributed by atoms with Crippen LogP contribution in [0, 0.1) is 6.92 Å². The highest BCUT2D eigenvalue weighted by Gasteiger charge is 2.10. The van der Waals surface area contributed by atoms with Crippen LogP contribution in [0.25, 0.3) is 0 Å². The minimum absolute atomic E-state index is 0.627. The van der Waals surface area contributed by atoms with Crippen LogP contribution in [0.4, 0.5) is 0 Å². The topological polar surface area (TPSA) is 54.9 Å². The lowest BCUT2D eigenvalue weighted by atomic mass is 10.2. The summed E-state index contributed by atoms with van der Waals surface area (Å²) < 4.78 is 11.6. The first-order valence-electron chi connectivity index (χ1n) is 7.47. The summed E-state index contributed by atoms with van der Waals surface area (Å²) in [4.78, 5) is 6.85. The molecule has 0 atom stereocenters. The Bertz CT molecular complexity index is 716. The van der Waals surface area contributed by atoms with Gasteiger partial charge >= 0.3 is 0 Å². The Balaban J connectivity index is 1.96. The molecule has 0 saturated carbocycles.